The molecule has 0 radical (unpaired) electrons. The number of aryl methyl sites for hydroxylation is 1. The molecule has 0 amide bonds. The maximum absolute atomic E-state index is 10.5. The molecule has 0 saturated heterocycles. The molecule has 1 rings (SSSR count). The number of anilines is 1. The zero-order chi connectivity index (χ0) is 10.0. The Morgan fingerprint density at radius 3 is 2.62 bits per heavy atom. The first-order chi connectivity index (χ1) is 6.06. The molecule has 0 aliphatic heterocycles. The molecule has 1 heterocycles. The van der Waals surface area contributed by atoms with Gasteiger partial charge in [0.15, 0.2) is 11.4 Å². The van der Waals surface area contributed by atoms with Gasteiger partial charge >= 0.3 is 0 Å². The highest BCUT2D eigenvalue weighted by Crippen LogP contribution is 2.28. The van der Waals surface area contributed by atoms with Crippen LogP contribution in [0.15, 0.2) is 6.58 Å². The topological polar surface area (TPSA) is 33.2 Å². The predicted octanol–water partition coefficient (Wildman–Crippen LogP) is 1.73. The van der Waals surface area contributed by atoms with E-state index in [1.165, 1.54) is 11.3 Å². The molecule has 0 N–H and O–H groups in total. The van der Waals surface area contributed by atoms with Gasteiger partial charge in [0.05, 0.1) is 10.6 Å². The zero-order valence-corrected chi connectivity index (χ0v) is 8.81. The van der Waals surface area contributed by atoms with Crippen molar-refractivity contribution in [2.75, 3.05) is 19.0 Å². The van der Waals surface area contributed by atoms with Gasteiger partial charge in [-0.2, -0.15) is 0 Å². The summed E-state index contributed by atoms with van der Waals surface area (Å²) in [5.41, 5.74) is 1.37. The molecule has 0 spiro atoms. The van der Waals surface area contributed by atoms with E-state index in [2.05, 4.69) is 11.6 Å². The van der Waals surface area contributed by atoms with E-state index in [0.717, 1.165) is 22.0 Å². The molecule has 0 aliphatic carbocycles. The van der Waals surface area contributed by atoms with Crippen LogP contribution in [0.5, 0.6) is 0 Å². The first kappa shape index (κ1) is 9.92. The number of carbonyl (C=O) groups is 1. The van der Waals surface area contributed by atoms with Crippen LogP contribution < -0.4 is 4.90 Å². The smallest absolute Gasteiger partial charge is 0.185 e. The van der Waals surface area contributed by atoms with Crippen LogP contribution in [0.4, 0.5) is 5.13 Å². The number of carbonyl (C=O) groups excluding carboxylic acids is 1. The van der Waals surface area contributed by atoms with E-state index in [-0.39, 0.29) is 0 Å². The minimum atomic E-state index is 0.503. The van der Waals surface area contributed by atoms with Crippen molar-refractivity contribution in [3.05, 3.63) is 17.2 Å². The third-order valence-corrected chi connectivity index (χ3v) is 3.00. The van der Waals surface area contributed by atoms with Gasteiger partial charge in [0, 0.05) is 19.7 Å². The highest BCUT2D eigenvalue weighted by Gasteiger charge is 2.10. The summed E-state index contributed by atoms with van der Waals surface area (Å²) >= 11 is 1.48. The summed E-state index contributed by atoms with van der Waals surface area (Å²) < 4.78 is 0. The van der Waals surface area contributed by atoms with Crippen molar-refractivity contribution in [2.45, 2.75) is 6.92 Å². The molecule has 0 aliphatic rings. The molecular weight excluding hydrogens is 184 g/mol. The summed E-state index contributed by atoms with van der Waals surface area (Å²) in [7, 11) is 3.84. The lowest BCUT2D eigenvalue weighted by atomic mass is 10.2. The maximum Gasteiger partial charge on any atom is 0.185 e. The number of hydrogen-bond donors (Lipinski definition) is 0. The van der Waals surface area contributed by atoms with Gasteiger partial charge in [-0.05, 0) is 6.92 Å². The molecule has 0 aromatic carbocycles. The molecule has 0 bridgehead atoms. The molecule has 1 aromatic rings. The van der Waals surface area contributed by atoms with Crippen molar-refractivity contribution >= 4 is 28.3 Å². The first-order valence-electron chi connectivity index (χ1n) is 3.85. The van der Waals surface area contributed by atoms with Gasteiger partial charge in [0.1, 0.15) is 0 Å². The molecule has 13 heavy (non-hydrogen) atoms. The van der Waals surface area contributed by atoms with Crippen molar-refractivity contribution in [2.24, 2.45) is 0 Å². The van der Waals surface area contributed by atoms with Crippen LogP contribution >= 0.6 is 11.3 Å². The van der Waals surface area contributed by atoms with Crippen molar-refractivity contribution in [3.63, 3.8) is 0 Å². The molecular formula is C9H12N2OS. The molecule has 3 nitrogen and oxygen atoms in total. The summed E-state index contributed by atoms with van der Waals surface area (Å²) in [5, 5.41) is 0.899. The van der Waals surface area contributed by atoms with E-state index < -0.39 is 0 Å². The highest BCUT2D eigenvalue weighted by molar-refractivity contribution is 7.17. The lowest BCUT2D eigenvalue weighted by Gasteiger charge is -2.04. The largest absolute Gasteiger partial charge is 0.354 e. The summed E-state index contributed by atoms with van der Waals surface area (Å²) in [6, 6.07) is 0. The Morgan fingerprint density at radius 1 is 1.62 bits per heavy atom. The van der Waals surface area contributed by atoms with Crippen LogP contribution in [0.3, 0.4) is 0 Å². The average molecular weight is 196 g/mol. The van der Waals surface area contributed by atoms with Crippen molar-refractivity contribution < 1.29 is 4.79 Å². The van der Waals surface area contributed by atoms with Crippen LogP contribution in [0.25, 0.3) is 5.57 Å². The van der Waals surface area contributed by atoms with E-state index >= 15 is 0 Å². The van der Waals surface area contributed by atoms with E-state index in [4.69, 9.17) is 0 Å². The Labute approximate surface area is 81.7 Å². The minimum Gasteiger partial charge on any atom is -0.354 e. The van der Waals surface area contributed by atoms with Crippen molar-refractivity contribution in [3.8, 4) is 0 Å². The summed E-state index contributed by atoms with van der Waals surface area (Å²) in [6.07, 6.45) is 0.764. The molecule has 4 heteroatoms. The van der Waals surface area contributed by atoms with E-state index in [0.29, 0.717) is 5.57 Å². The van der Waals surface area contributed by atoms with Gasteiger partial charge in [-0.15, -0.1) is 0 Å². The summed E-state index contributed by atoms with van der Waals surface area (Å²) in [5.74, 6) is 0. The van der Waals surface area contributed by atoms with Crippen LogP contribution in [-0.4, -0.2) is 25.4 Å². The van der Waals surface area contributed by atoms with Gasteiger partial charge in [-0.3, -0.25) is 4.79 Å². The zero-order valence-electron chi connectivity index (χ0n) is 8.00. The molecule has 70 valence electrons. The third-order valence-electron chi connectivity index (χ3n) is 1.60. The Balaban J connectivity index is 3.10. The van der Waals surface area contributed by atoms with Gasteiger partial charge < -0.3 is 4.90 Å². The number of aromatic nitrogens is 1. The van der Waals surface area contributed by atoms with Gasteiger partial charge in [-0.25, -0.2) is 4.98 Å². The number of aldehydes is 1. The second kappa shape index (κ2) is 3.70. The number of allylic oxidation sites excluding steroid dienone is 1. The normalized spacial score (nSPS) is 9.77. The van der Waals surface area contributed by atoms with Gasteiger partial charge in [0.25, 0.3) is 0 Å². The number of thiazole rings is 1. The van der Waals surface area contributed by atoms with Crippen LogP contribution in [0, 0.1) is 6.92 Å². The summed E-state index contributed by atoms with van der Waals surface area (Å²) in [6.45, 7) is 5.54. The van der Waals surface area contributed by atoms with Crippen molar-refractivity contribution in [1.82, 2.24) is 4.98 Å². The van der Waals surface area contributed by atoms with Crippen LogP contribution in [-0.2, 0) is 4.79 Å². The lowest BCUT2D eigenvalue weighted by Crippen LogP contribution is -2.07. The first-order valence-corrected chi connectivity index (χ1v) is 4.67. The number of rotatable bonds is 3. The maximum atomic E-state index is 10.5. The second-order valence-corrected chi connectivity index (χ2v) is 3.93. The SMILES string of the molecule is C=C(C=O)c1sc(N(C)C)nc1C. The number of nitrogens with zero attached hydrogens (tertiary/aromatic N) is 2. The predicted molar refractivity (Wildman–Crippen MR) is 56.3 cm³/mol. The minimum absolute atomic E-state index is 0.503. The molecule has 0 fully saturated rings. The second-order valence-electron chi connectivity index (χ2n) is 2.95. The quantitative estimate of drug-likeness (QED) is 0.545. The van der Waals surface area contributed by atoms with Crippen LogP contribution in [0.2, 0.25) is 0 Å². The Morgan fingerprint density at radius 2 is 2.23 bits per heavy atom. The van der Waals surface area contributed by atoms with E-state index in [1.807, 2.05) is 25.9 Å². The monoisotopic (exact) mass is 196 g/mol. The van der Waals surface area contributed by atoms with E-state index in [1.54, 1.807) is 0 Å². The molecule has 1 aromatic heterocycles. The van der Waals surface area contributed by atoms with Gasteiger partial charge in [-0.1, -0.05) is 17.9 Å². The Bertz CT molecular complexity index is 341. The lowest BCUT2D eigenvalue weighted by molar-refractivity contribution is -0.103. The summed E-state index contributed by atoms with van der Waals surface area (Å²) in [4.78, 5) is 17.6. The molecule has 0 atom stereocenters. The fourth-order valence-electron chi connectivity index (χ4n) is 0.925. The fraction of sp³-hybridized carbons (Fsp3) is 0.333. The van der Waals surface area contributed by atoms with Gasteiger partial charge in [0.2, 0.25) is 0 Å². The third kappa shape index (κ3) is 1.95. The Hall–Kier alpha value is -1.16. The molecule has 0 unspecified atom stereocenters. The average Bonchev–Trinajstić information content (AvgIpc) is 2.46. The Kier molecular flexibility index (Phi) is 2.83. The highest BCUT2D eigenvalue weighted by atomic mass is 32.1. The fourth-order valence-corrected chi connectivity index (χ4v) is 1.85. The number of hydrogen-bond acceptors (Lipinski definition) is 4. The van der Waals surface area contributed by atoms with Crippen LogP contribution in [0.1, 0.15) is 10.6 Å². The van der Waals surface area contributed by atoms with E-state index in [9.17, 15) is 4.79 Å². The standard InChI is InChI=1S/C9H12N2OS/c1-6(5-12)8-7(2)10-9(13-8)11(3)4/h5H,1H2,2-4H3. The van der Waals surface area contributed by atoms with Crippen molar-refractivity contribution in [1.29, 1.82) is 0 Å². The molecule has 0 saturated carbocycles.